The Labute approximate surface area is 444 Å². The monoisotopic (exact) mass is 968 g/mol. The number of aromatic nitrogens is 1. The van der Waals surface area contributed by atoms with Crippen LogP contribution < -0.4 is 4.90 Å². The SMILES string of the molecule is CC1(C)c2ccc(-c3cccc(N(c4cccc(-c5ccc6ccccc6c5)c4)c4cccc5c4-c4ccccc4C5(c4ccccc4)c4ccccc4)c3)cc2-c2c1ccc1c3ccccc3n(-c3ccccc3)c21. The third-order valence-electron chi connectivity index (χ3n) is 16.8. The van der Waals surface area contributed by atoms with Crippen molar-refractivity contribution in [3.05, 3.63) is 312 Å². The summed E-state index contributed by atoms with van der Waals surface area (Å²) in [6, 6.07) is 104. The summed E-state index contributed by atoms with van der Waals surface area (Å²) in [7, 11) is 0. The highest BCUT2D eigenvalue weighted by Gasteiger charge is 2.47. The molecule has 358 valence electrons. The minimum Gasteiger partial charge on any atom is -0.310 e. The fourth-order valence-electron chi connectivity index (χ4n) is 13.4. The fourth-order valence-corrected chi connectivity index (χ4v) is 13.4. The first-order valence-corrected chi connectivity index (χ1v) is 26.6. The Kier molecular flexibility index (Phi) is 9.86. The molecule has 0 saturated carbocycles. The molecule has 1 aromatic heterocycles. The molecule has 0 N–H and O–H groups in total. The molecule has 2 heteroatoms. The molecular weight excluding hydrogens is 917 g/mol. The van der Waals surface area contributed by atoms with E-state index in [1.54, 1.807) is 0 Å². The summed E-state index contributed by atoms with van der Waals surface area (Å²) in [6.07, 6.45) is 0. The first kappa shape index (κ1) is 44.0. The van der Waals surface area contributed by atoms with Crippen molar-refractivity contribution >= 4 is 49.6 Å². The third kappa shape index (κ3) is 6.47. The summed E-state index contributed by atoms with van der Waals surface area (Å²) < 4.78 is 2.49. The van der Waals surface area contributed by atoms with Gasteiger partial charge in [-0.2, -0.15) is 0 Å². The van der Waals surface area contributed by atoms with E-state index in [2.05, 4.69) is 302 Å². The van der Waals surface area contributed by atoms with Crippen LogP contribution in [0.5, 0.6) is 0 Å². The summed E-state index contributed by atoms with van der Waals surface area (Å²) in [5, 5.41) is 5.01. The molecule has 0 unspecified atom stereocenters. The summed E-state index contributed by atoms with van der Waals surface area (Å²) in [5.41, 5.74) is 23.8. The van der Waals surface area contributed by atoms with Crippen LogP contribution in [0.2, 0.25) is 0 Å². The van der Waals surface area contributed by atoms with Crippen molar-refractivity contribution in [2.24, 2.45) is 0 Å². The molecule has 12 aromatic carbocycles. The van der Waals surface area contributed by atoms with Gasteiger partial charge >= 0.3 is 0 Å². The highest BCUT2D eigenvalue weighted by molar-refractivity contribution is 6.16. The van der Waals surface area contributed by atoms with Gasteiger partial charge in [0, 0.05) is 44.4 Å². The molecule has 13 aromatic rings. The molecule has 0 amide bonds. The number of rotatable bonds is 8. The molecule has 2 aliphatic rings. The molecule has 0 bridgehead atoms. The first-order valence-electron chi connectivity index (χ1n) is 26.6. The van der Waals surface area contributed by atoms with Gasteiger partial charge in [-0.3, -0.25) is 0 Å². The van der Waals surface area contributed by atoms with Gasteiger partial charge in [-0.1, -0.05) is 232 Å². The second kappa shape index (κ2) is 17.0. The van der Waals surface area contributed by atoms with Crippen LogP contribution in [0.15, 0.2) is 279 Å². The number of hydrogen-bond donors (Lipinski definition) is 0. The maximum absolute atomic E-state index is 2.52. The number of benzene rings is 12. The van der Waals surface area contributed by atoms with E-state index < -0.39 is 5.41 Å². The lowest BCUT2D eigenvalue weighted by Crippen LogP contribution is -2.28. The summed E-state index contributed by atoms with van der Waals surface area (Å²) >= 11 is 0. The Hall–Kier alpha value is -9.50. The van der Waals surface area contributed by atoms with Gasteiger partial charge in [0.05, 0.1) is 22.1 Å². The molecule has 0 fully saturated rings. The average molecular weight is 969 g/mol. The molecule has 2 aliphatic carbocycles. The van der Waals surface area contributed by atoms with E-state index in [0.29, 0.717) is 0 Å². The molecule has 0 spiro atoms. The first-order chi connectivity index (χ1) is 37.5. The van der Waals surface area contributed by atoms with E-state index in [1.807, 2.05) is 0 Å². The van der Waals surface area contributed by atoms with E-state index in [4.69, 9.17) is 0 Å². The zero-order valence-electron chi connectivity index (χ0n) is 42.5. The fraction of sp³-hybridized carbons (Fsp3) is 0.0541. The Bertz CT molecular complexity index is 4390. The van der Waals surface area contributed by atoms with Crippen LogP contribution in [0.25, 0.3) is 82.8 Å². The summed E-state index contributed by atoms with van der Waals surface area (Å²) in [4.78, 5) is 2.52. The Balaban J connectivity index is 0.954. The second-order valence-corrected chi connectivity index (χ2v) is 21.2. The third-order valence-corrected chi connectivity index (χ3v) is 16.8. The molecule has 15 rings (SSSR count). The van der Waals surface area contributed by atoms with Crippen molar-refractivity contribution in [2.45, 2.75) is 24.7 Å². The average Bonchev–Trinajstić information content (AvgIpc) is 4.29. The van der Waals surface area contributed by atoms with Crippen LogP contribution in [-0.4, -0.2) is 4.57 Å². The number of anilines is 3. The predicted octanol–water partition coefficient (Wildman–Crippen LogP) is 19.4. The maximum atomic E-state index is 2.52. The lowest BCUT2D eigenvalue weighted by atomic mass is 9.68. The zero-order valence-corrected chi connectivity index (χ0v) is 42.5. The number of hydrogen-bond acceptors (Lipinski definition) is 1. The molecule has 0 radical (unpaired) electrons. The molecule has 1 heterocycles. The van der Waals surface area contributed by atoms with Crippen molar-refractivity contribution in [3.8, 4) is 50.2 Å². The molecule has 76 heavy (non-hydrogen) atoms. The predicted molar refractivity (Wildman–Crippen MR) is 319 cm³/mol. The summed E-state index contributed by atoms with van der Waals surface area (Å²) in [6.45, 7) is 4.79. The lowest BCUT2D eigenvalue weighted by Gasteiger charge is -2.34. The largest absolute Gasteiger partial charge is 0.310 e. The van der Waals surface area contributed by atoms with Crippen molar-refractivity contribution in [1.29, 1.82) is 0 Å². The summed E-state index contributed by atoms with van der Waals surface area (Å²) in [5.74, 6) is 0. The van der Waals surface area contributed by atoms with E-state index in [0.717, 1.165) is 22.6 Å². The number of fused-ring (bicyclic) bond motifs is 11. The standard InChI is InChI=1S/C74H52N2/c1-73(2)64-43-41-54(48-63(64)71-66(73)44-42-61-60-33-15-17-37-68(60)76(72(61)71)57-29-10-5-11-30-57)52-24-19-32-59(47-52)75(58-31-18-23-51(46-58)53-40-39-49-21-12-13-22-50(49)45-53)69-38-20-36-67-70(69)62-34-14-16-35-65(62)74(67,55-25-6-3-7-26-55)56-27-8-4-9-28-56/h3-48H,1-2H3. The van der Waals surface area contributed by atoms with E-state index >= 15 is 0 Å². The smallest absolute Gasteiger partial charge is 0.0714 e. The van der Waals surface area contributed by atoms with Crippen molar-refractivity contribution in [3.63, 3.8) is 0 Å². The highest BCUT2D eigenvalue weighted by Crippen LogP contribution is 2.60. The highest BCUT2D eigenvalue weighted by atomic mass is 15.1. The van der Waals surface area contributed by atoms with Gasteiger partial charge in [0.25, 0.3) is 0 Å². The van der Waals surface area contributed by atoms with Crippen molar-refractivity contribution in [1.82, 2.24) is 4.57 Å². The van der Waals surface area contributed by atoms with Crippen LogP contribution >= 0.6 is 0 Å². The Morgan fingerprint density at radius 3 is 1.64 bits per heavy atom. The molecule has 0 saturated heterocycles. The Morgan fingerprint density at radius 1 is 0.342 bits per heavy atom. The van der Waals surface area contributed by atoms with E-state index in [9.17, 15) is 0 Å². The van der Waals surface area contributed by atoms with Gasteiger partial charge in [0.2, 0.25) is 0 Å². The molecule has 2 nitrogen and oxygen atoms in total. The van der Waals surface area contributed by atoms with Gasteiger partial charge in [0.15, 0.2) is 0 Å². The van der Waals surface area contributed by atoms with Crippen molar-refractivity contribution in [2.75, 3.05) is 4.90 Å². The number of nitrogens with zero attached hydrogens (tertiary/aromatic N) is 2. The lowest BCUT2D eigenvalue weighted by molar-refractivity contribution is 0.661. The van der Waals surface area contributed by atoms with Gasteiger partial charge in [-0.25, -0.2) is 0 Å². The minimum absolute atomic E-state index is 0.192. The van der Waals surface area contributed by atoms with Crippen LogP contribution in [0.3, 0.4) is 0 Å². The van der Waals surface area contributed by atoms with E-state index in [-0.39, 0.29) is 5.41 Å². The Morgan fingerprint density at radius 2 is 0.908 bits per heavy atom. The van der Waals surface area contributed by atoms with Gasteiger partial charge in [-0.15, -0.1) is 0 Å². The zero-order chi connectivity index (χ0) is 50.5. The molecule has 0 aliphatic heterocycles. The molecular formula is C74H52N2. The van der Waals surface area contributed by atoms with Gasteiger partial charge < -0.3 is 9.47 Å². The van der Waals surface area contributed by atoms with Crippen LogP contribution in [0.1, 0.15) is 47.2 Å². The second-order valence-electron chi connectivity index (χ2n) is 21.2. The maximum Gasteiger partial charge on any atom is 0.0714 e. The van der Waals surface area contributed by atoms with Gasteiger partial charge in [0.1, 0.15) is 0 Å². The van der Waals surface area contributed by atoms with Crippen LogP contribution in [0, 0.1) is 0 Å². The topological polar surface area (TPSA) is 8.17 Å². The van der Waals surface area contributed by atoms with Gasteiger partial charge in [-0.05, 0) is 138 Å². The quantitative estimate of drug-likeness (QED) is 0.147. The van der Waals surface area contributed by atoms with E-state index in [1.165, 1.54) is 111 Å². The number of para-hydroxylation sites is 2. The van der Waals surface area contributed by atoms with Crippen LogP contribution in [0.4, 0.5) is 17.1 Å². The minimum atomic E-state index is -0.545. The van der Waals surface area contributed by atoms with Crippen molar-refractivity contribution < 1.29 is 0 Å². The van der Waals surface area contributed by atoms with Crippen LogP contribution in [-0.2, 0) is 10.8 Å². The molecule has 0 atom stereocenters. The normalized spacial score (nSPS) is 13.6.